The van der Waals surface area contributed by atoms with Gasteiger partial charge in [0.1, 0.15) is 0 Å². The van der Waals surface area contributed by atoms with E-state index < -0.39 is 21.6 Å². The van der Waals surface area contributed by atoms with E-state index in [1.165, 1.54) is 0 Å². The molecule has 0 amide bonds. The van der Waals surface area contributed by atoms with Crippen molar-refractivity contribution < 1.29 is 21.6 Å². The molecule has 0 aliphatic rings. The summed E-state index contributed by atoms with van der Waals surface area (Å²) in [7, 11) is -3.61. The summed E-state index contributed by atoms with van der Waals surface area (Å²) in [4.78, 5) is 2.50. The SMILES string of the molecule is [N-]=[N+]=NCCCCC[CH]CS(=O)(=O)c1ccc(C(F)(F)F)cc1. The first-order valence-corrected chi connectivity index (χ1v) is 8.65. The Balaban J connectivity index is 2.42. The van der Waals surface area contributed by atoms with E-state index in [4.69, 9.17) is 5.53 Å². The second kappa shape index (κ2) is 8.79. The quantitative estimate of drug-likeness (QED) is 0.284. The second-order valence-corrected chi connectivity index (χ2v) is 6.93. The molecule has 0 heterocycles. The summed E-state index contributed by atoms with van der Waals surface area (Å²) in [5.74, 6) is -0.214. The van der Waals surface area contributed by atoms with E-state index in [9.17, 15) is 21.6 Å². The highest BCUT2D eigenvalue weighted by Crippen LogP contribution is 2.29. The summed E-state index contributed by atoms with van der Waals surface area (Å²) in [6, 6.07) is 3.49. The van der Waals surface area contributed by atoms with E-state index in [0.29, 0.717) is 13.0 Å². The highest BCUT2D eigenvalue weighted by molar-refractivity contribution is 7.91. The van der Waals surface area contributed by atoms with Crippen LogP contribution in [0.4, 0.5) is 13.2 Å². The van der Waals surface area contributed by atoms with Crippen molar-refractivity contribution in [3.8, 4) is 0 Å². The van der Waals surface area contributed by atoms with Gasteiger partial charge in [-0.1, -0.05) is 18.0 Å². The summed E-state index contributed by atoms with van der Waals surface area (Å²) in [5.41, 5.74) is 7.21. The fourth-order valence-corrected chi connectivity index (χ4v) is 3.10. The van der Waals surface area contributed by atoms with Crippen molar-refractivity contribution in [2.24, 2.45) is 5.11 Å². The molecule has 0 atom stereocenters. The van der Waals surface area contributed by atoms with Crippen LogP contribution >= 0.6 is 0 Å². The van der Waals surface area contributed by atoms with Crippen molar-refractivity contribution in [1.29, 1.82) is 0 Å². The fourth-order valence-electron chi connectivity index (χ4n) is 1.88. The molecule has 1 radical (unpaired) electrons. The lowest BCUT2D eigenvalue weighted by molar-refractivity contribution is -0.137. The van der Waals surface area contributed by atoms with E-state index in [1.54, 1.807) is 6.42 Å². The van der Waals surface area contributed by atoms with Gasteiger partial charge >= 0.3 is 6.18 Å². The van der Waals surface area contributed by atoms with Crippen LogP contribution in [0.25, 0.3) is 10.4 Å². The number of nitrogens with zero attached hydrogens (tertiary/aromatic N) is 3. The normalized spacial score (nSPS) is 12.0. The van der Waals surface area contributed by atoms with Crippen LogP contribution in [-0.2, 0) is 16.0 Å². The lowest BCUT2D eigenvalue weighted by Crippen LogP contribution is -2.09. The number of sulfone groups is 1. The van der Waals surface area contributed by atoms with Crippen molar-refractivity contribution in [1.82, 2.24) is 0 Å². The van der Waals surface area contributed by atoms with Crippen LogP contribution < -0.4 is 0 Å². The number of benzene rings is 1. The third-order valence-electron chi connectivity index (χ3n) is 3.11. The standard InChI is InChI=1S/C14H17F3N3O2S/c15-14(16,17)12-6-8-13(9-7-12)23(21,22)11-5-3-1-2-4-10-19-20-18/h5-9H,1-4,10-11H2. The second-order valence-electron chi connectivity index (χ2n) is 4.90. The molecule has 0 N–H and O–H groups in total. The number of unbranched alkanes of at least 4 members (excludes halogenated alkanes) is 4. The Morgan fingerprint density at radius 3 is 2.35 bits per heavy atom. The predicted octanol–water partition coefficient (Wildman–Crippen LogP) is 4.55. The monoisotopic (exact) mass is 348 g/mol. The molecule has 9 heteroatoms. The fraction of sp³-hybridized carbons (Fsp3) is 0.500. The molecule has 0 fully saturated rings. The Hall–Kier alpha value is -1.73. The number of rotatable bonds is 9. The molecular weight excluding hydrogens is 331 g/mol. The Kier molecular flexibility index (Phi) is 7.38. The Morgan fingerprint density at radius 2 is 1.78 bits per heavy atom. The van der Waals surface area contributed by atoms with E-state index in [1.807, 2.05) is 0 Å². The van der Waals surface area contributed by atoms with Gasteiger partial charge in [0.25, 0.3) is 0 Å². The number of hydrogen-bond acceptors (Lipinski definition) is 3. The summed E-state index contributed by atoms with van der Waals surface area (Å²) in [5, 5.41) is 3.39. The molecular formula is C14H17F3N3O2S. The van der Waals surface area contributed by atoms with Crippen molar-refractivity contribution in [3.63, 3.8) is 0 Å². The maximum atomic E-state index is 12.4. The van der Waals surface area contributed by atoms with Crippen molar-refractivity contribution in [3.05, 3.63) is 46.7 Å². The average molecular weight is 348 g/mol. The van der Waals surface area contributed by atoms with Gasteiger partial charge in [-0.2, -0.15) is 13.2 Å². The van der Waals surface area contributed by atoms with Crippen LogP contribution in [0, 0.1) is 6.42 Å². The third kappa shape index (κ3) is 6.92. The van der Waals surface area contributed by atoms with Crippen LogP contribution in [0.3, 0.4) is 0 Å². The molecule has 0 bridgehead atoms. The van der Waals surface area contributed by atoms with Gasteiger partial charge in [0.2, 0.25) is 0 Å². The zero-order chi connectivity index (χ0) is 17.3. The summed E-state index contributed by atoms with van der Waals surface area (Å²) in [6.07, 6.45) is 0.0174. The van der Waals surface area contributed by atoms with Crippen LogP contribution in [0.5, 0.6) is 0 Å². The van der Waals surface area contributed by atoms with E-state index >= 15 is 0 Å². The van der Waals surface area contributed by atoms with Crippen LogP contribution in [0.2, 0.25) is 0 Å². The molecule has 0 spiro atoms. The molecule has 0 saturated carbocycles. The number of hydrogen-bond donors (Lipinski definition) is 0. The van der Waals surface area contributed by atoms with Gasteiger partial charge in [-0.05, 0) is 49.1 Å². The number of halogens is 3. The Bertz CT molecular complexity index is 636. The molecule has 5 nitrogen and oxygen atoms in total. The highest BCUT2D eigenvalue weighted by Gasteiger charge is 2.30. The Labute approximate surface area is 133 Å². The number of azide groups is 1. The van der Waals surface area contributed by atoms with E-state index in [-0.39, 0.29) is 10.6 Å². The molecule has 127 valence electrons. The molecule has 0 saturated heterocycles. The zero-order valence-corrected chi connectivity index (χ0v) is 13.1. The van der Waals surface area contributed by atoms with Crippen LogP contribution in [0.15, 0.2) is 34.3 Å². The first kappa shape index (κ1) is 19.3. The van der Waals surface area contributed by atoms with Crippen molar-refractivity contribution in [2.45, 2.75) is 36.8 Å². The van der Waals surface area contributed by atoms with Gasteiger partial charge in [0.15, 0.2) is 9.84 Å². The van der Waals surface area contributed by atoms with Crippen molar-refractivity contribution in [2.75, 3.05) is 12.3 Å². The third-order valence-corrected chi connectivity index (χ3v) is 4.77. The summed E-state index contributed by atoms with van der Waals surface area (Å²) >= 11 is 0. The molecule has 1 aromatic carbocycles. The van der Waals surface area contributed by atoms with E-state index in [2.05, 4.69) is 10.0 Å². The zero-order valence-electron chi connectivity index (χ0n) is 12.3. The molecule has 0 aliphatic carbocycles. The summed E-state index contributed by atoms with van der Waals surface area (Å²) < 4.78 is 61.3. The maximum Gasteiger partial charge on any atom is 0.416 e. The Morgan fingerprint density at radius 1 is 1.13 bits per heavy atom. The van der Waals surface area contributed by atoms with E-state index in [0.717, 1.165) is 43.5 Å². The first-order chi connectivity index (χ1) is 10.8. The topological polar surface area (TPSA) is 82.9 Å². The van der Waals surface area contributed by atoms with Gasteiger partial charge in [-0.15, -0.1) is 0 Å². The van der Waals surface area contributed by atoms with Gasteiger partial charge in [0.05, 0.1) is 16.2 Å². The largest absolute Gasteiger partial charge is 0.416 e. The average Bonchev–Trinajstić information content (AvgIpc) is 2.49. The minimum atomic E-state index is -4.48. The van der Waals surface area contributed by atoms with Crippen LogP contribution in [0.1, 0.15) is 31.2 Å². The van der Waals surface area contributed by atoms with Gasteiger partial charge < -0.3 is 0 Å². The molecule has 1 aromatic rings. The lowest BCUT2D eigenvalue weighted by atomic mass is 10.2. The summed E-state index contributed by atoms with van der Waals surface area (Å²) in [6.45, 7) is 0.417. The van der Waals surface area contributed by atoms with Crippen molar-refractivity contribution >= 4 is 9.84 Å². The lowest BCUT2D eigenvalue weighted by Gasteiger charge is -2.08. The first-order valence-electron chi connectivity index (χ1n) is 7.00. The molecule has 23 heavy (non-hydrogen) atoms. The van der Waals surface area contributed by atoms with Crippen LogP contribution in [-0.4, -0.2) is 20.7 Å². The molecule has 1 rings (SSSR count). The minimum Gasteiger partial charge on any atom is -0.224 e. The maximum absolute atomic E-state index is 12.4. The smallest absolute Gasteiger partial charge is 0.224 e. The minimum absolute atomic E-state index is 0.120. The number of alkyl halides is 3. The molecule has 0 aromatic heterocycles. The van der Waals surface area contributed by atoms with Gasteiger partial charge in [-0.25, -0.2) is 8.42 Å². The molecule has 0 unspecified atom stereocenters. The highest BCUT2D eigenvalue weighted by atomic mass is 32.2. The molecule has 0 aliphatic heterocycles. The van der Waals surface area contributed by atoms with Gasteiger partial charge in [0, 0.05) is 11.5 Å². The van der Waals surface area contributed by atoms with Gasteiger partial charge in [-0.3, -0.25) is 0 Å². The predicted molar refractivity (Wildman–Crippen MR) is 80.3 cm³/mol.